The number of esters is 1. The molecule has 6 heteroatoms. The van der Waals surface area contributed by atoms with Gasteiger partial charge >= 0.3 is 5.97 Å². The van der Waals surface area contributed by atoms with Gasteiger partial charge in [-0.3, -0.25) is 9.59 Å². The summed E-state index contributed by atoms with van der Waals surface area (Å²) >= 11 is 0. The molecule has 4 rings (SSSR count). The van der Waals surface area contributed by atoms with Gasteiger partial charge < -0.3 is 14.1 Å². The van der Waals surface area contributed by atoms with E-state index in [1.165, 1.54) is 12.3 Å². The van der Waals surface area contributed by atoms with E-state index < -0.39 is 11.4 Å². The van der Waals surface area contributed by atoms with Crippen molar-refractivity contribution in [2.24, 2.45) is 0 Å². The zero-order valence-corrected chi connectivity index (χ0v) is 16.7. The average molecular weight is 391 g/mol. The Morgan fingerprint density at radius 2 is 1.72 bits per heavy atom. The van der Waals surface area contributed by atoms with Gasteiger partial charge in [0.15, 0.2) is 0 Å². The maximum Gasteiger partial charge on any atom is 0.343 e. The molecule has 29 heavy (non-hydrogen) atoms. The third-order valence-electron chi connectivity index (χ3n) is 5.03. The summed E-state index contributed by atoms with van der Waals surface area (Å²) in [5.74, 6) is -0.689. The molecule has 0 saturated carbocycles. The Bertz CT molecular complexity index is 1400. The lowest BCUT2D eigenvalue weighted by molar-refractivity contribution is 0.0524. The van der Waals surface area contributed by atoms with E-state index in [9.17, 15) is 14.4 Å². The van der Waals surface area contributed by atoms with E-state index in [-0.39, 0.29) is 28.4 Å². The molecule has 0 amide bonds. The fourth-order valence-corrected chi connectivity index (χ4v) is 3.40. The van der Waals surface area contributed by atoms with Gasteiger partial charge in [-0.1, -0.05) is 26.8 Å². The topological polar surface area (TPSA) is 89.4 Å². The van der Waals surface area contributed by atoms with Crippen LogP contribution < -0.4 is 10.9 Å². The van der Waals surface area contributed by atoms with Crippen LogP contribution >= 0.6 is 0 Å². The van der Waals surface area contributed by atoms with E-state index >= 15 is 0 Å². The summed E-state index contributed by atoms with van der Waals surface area (Å²) < 4.78 is 10.9. The summed E-state index contributed by atoms with van der Waals surface area (Å²) in [4.78, 5) is 40.8. The van der Waals surface area contributed by atoms with Crippen LogP contribution in [0.25, 0.3) is 32.8 Å². The Hall–Kier alpha value is -3.41. The quantitative estimate of drug-likeness (QED) is 0.407. The number of benzene rings is 2. The molecule has 4 aromatic rings. The van der Waals surface area contributed by atoms with Crippen LogP contribution in [0.2, 0.25) is 0 Å². The molecular weight excluding hydrogens is 370 g/mol. The Kier molecular flexibility index (Phi) is 4.30. The number of carbonyl (C=O) groups is 1. The minimum absolute atomic E-state index is 0.0864. The molecule has 0 fully saturated rings. The van der Waals surface area contributed by atoms with E-state index in [1.807, 2.05) is 12.1 Å². The second-order valence-electron chi connectivity index (χ2n) is 8.04. The smallest absolute Gasteiger partial charge is 0.343 e. The average Bonchev–Trinajstić information content (AvgIpc) is 2.67. The Balaban J connectivity index is 2.02. The van der Waals surface area contributed by atoms with Crippen LogP contribution in [-0.4, -0.2) is 17.6 Å². The molecule has 0 aliphatic heterocycles. The second kappa shape index (κ2) is 6.58. The summed E-state index contributed by atoms with van der Waals surface area (Å²) in [6.07, 6.45) is 1.31. The molecule has 0 atom stereocenters. The summed E-state index contributed by atoms with van der Waals surface area (Å²) in [7, 11) is 0. The maximum absolute atomic E-state index is 13.1. The molecule has 2 aromatic carbocycles. The van der Waals surface area contributed by atoms with Crippen molar-refractivity contribution in [3.05, 3.63) is 68.1 Å². The summed E-state index contributed by atoms with van der Waals surface area (Å²) in [6.45, 7) is 8.08. The first-order chi connectivity index (χ1) is 13.7. The molecule has 2 heterocycles. The number of rotatable bonds is 2. The van der Waals surface area contributed by atoms with Crippen molar-refractivity contribution >= 4 is 38.8 Å². The molecule has 0 radical (unpaired) electrons. The molecule has 0 bridgehead atoms. The molecule has 0 spiro atoms. The largest absolute Gasteiger partial charge is 0.462 e. The highest BCUT2D eigenvalue weighted by molar-refractivity contribution is 6.00. The second-order valence-corrected chi connectivity index (χ2v) is 8.04. The highest BCUT2D eigenvalue weighted by atomic mass is 16.5. The molecule has 0 saturated heterocycles. The molecule has 0 unspecified atom stereocenters. The highest BCUT2D eigenvalue weighted by Crippen LogP contribution is 2.27. The van der Waals surface area contributed by atoms with Gasteiger partial charge in [0.1, 0.15) is 16.7 Å². The van der Waals surface area contributed by atoms with E-state index in [2.05, 4.69) is 25.8 Å². The van der Waals surface area contributed by atoms with Crippen LogP contribution in [0, 0.1) is 0 Å². The number of fused-ring (bicyclic) bond motifs is 3. The molecule has 1 N–H and O–H groups in total. The lowest BCUT2D eigenvalue weighted by Crippen LogP contribution is -2.18. The van der Waals surface area contributed by atoms with Gasteiger partial charge in [0.25, 0.3) is 0 Å². The van der Waals surface area contributed by atoms with Crippen molar-refractivity contribution in [2.75, 3.05) is 6.61 Å². The van der Waals surface area contributed by atoms with Gasteiger partial charge in [-0.15, -0.1) is 0 Å². The predicted molar refractivity (Wildman–Crippen MR) is 113 cm³/mol. The van der Waals surface area contributed by atoms with Crippen molar-refractivity contribution in [3.63, 3.8) is 0 Å². The van der Waals surface area contributed by atoms with Crippen LogP contribution in [0.15, 0.2) is 50.5 Å². The first kappa shape index (κ1) is 18.9. The molecule has 6 nitrogen and oxygen atoms in total. The maximum atomic E-state index is 13.1. The van der Waals surface area contributed by atoms with Crippen molar-refractivity contribution in [2.45, 2.75) is 33.1 Å². The van der Waals surface area contributed by atoms with Crippen LogP contribution in [-0.2, 0) is 10.2 Å². The van der Waals surface area contributed by atoms with Gasteiger partial charge in [-0.25, -0.2) is 4.79 Å². The number of pyridine rings is 1. The molecule has 0 aliphatic rings. The molecule has 0 aliphatic carbocycles. The van der Waals surface area contributed by atoms with Crippen LogP contribution in [0.1, 0.15) is 43.6 Å². The lowest BCUT2D eigenvalue weighted by atomic mass is 9.86. The van der Waals surface area contributed by atoms with Gasteiger partial charge in [0, 0.05) is 6.20 Å². The van der Waals surface area contributed by atoms with Crippen LogP contribution in [0.5, 0.6) is 0 Å². The van der Waals surface area contributed by atoms with E-state index in [0.717, 1.165) is 5.56 Å². The standard InChI is InChI=1S/C23H21NO5/c1-5-28-22(27)16-11-24-17-9-15-19(10-13(17)20(16)25)29-18-7-6-12(23(2,3)4)8-14(18)21(15)26/h6-11H,5H2,1-4H3,(H,24,25). The van der Waals surface area contributed by atoms with Crippen molar-refractivity contribution in [1.29, 1.82) is 0 Å². The molecule has 148 valence electrons. The highest BCUT2D eigenvalue weighted by Gasteiger charge is 2.18. The van der Waals surface area contributed by atoms with Gasteiger partial charge in [-0.05, 0) is 42.2 Å². The number of aromatic amines is 1. The minimum Gasteiger partial charge on any atom is -0.462 e. The molecule has 2 aromatic heterocycles. The fraction of sp³-hybridized carbons (Fsp3) is 0.261. The zero-order valence-electron chi connectivity index (χ0n) is 16.7. The van der Waals surface area contributed by atoms with Gasteiger partial charge in [0.05, 0.1) is 28.3 Å². The summed E-state index contributed by atoms with van der Waals surface area (Å²) in [6, 6.07) is 8.67. The summed E-state index contributed by atoms with van der Waals surface area (Å²) in [5.41, 5.74) is 1.41. The third kappa shape index (κ3) is 3.10. The van der Waals surface area contributed by atoms with Crippen LogP contribution in [0.3, 0.4) is 0 Å². The fourth-order valence-electron chi connectivity index (χ4n) is 3.40. The number of H-pyrrole nitrogens is 1. The number of hydrogen-bond acceptors (Lipinski definition) is 5. The van der Waals surface area contributed by atoms with Gasteiger partial charge in [0.2, 0.25) is 10.9 Å². The predicted octanol–water partition coefficient (Wildman–Crippen LogP) is 4.26. The molecular formula is C23H21NO5. The number of ether oxygens (including phenoxy) is 1. The van der Waals surface area contributed by atoms with Crippen molar-refractivity contribution in [1.82, 2.24) is 4.98 Å². The van der Waals surface area contributed by atoms with Gasteiger partial charge in [-0.2, -0.15) is 0 Å². The first-order valence-corrected chi connectivity index (χ1v) is 9.44. The third-order valence-corrected chi connectivity index (χ3v) is 5.03. The number of nitrogens with one attached hydrogen (secondary N) is 1. The number of hydrogen-bond donors (Lipinski definition) is 1. The van der Waals surface area contributed by atoms with Crippen molar-refractivity contribution in [3.8, 4) is 0 Å². The SMILES string of the molecule is CCOC(=O)c1c[nH]c2cc3c(=O)c4cc(C(C)(C)C)ccc4oc3cc2c1=O. The number of aromatic nitrogens is 1. The van der Waals surface area contributed by atoms with E-state index in [0.29, 0.717) is 27.5 Å². The van der Waals surface area contributed by atoms with E-state index in [1.54, 1.807) is 19.1 Å². The summed E-state index contributed by atoms with van der Waals surface area (Å²) in [5, 5.41) is 1.13. The van der Waals surface area contributed by atoms with Crippen molar-refractivity contribution < 1.29 is 13.9 Å². The lowest BCUT2D eigenvalue weighted by Gasteiger charge is -2.19. The first-order valence-electron chi connectivity index (χ1n) is 9.44. The zero-order chi connectivity index (χ0) is 20.9. The number of carbonyl (C=O) groups excluding carboxylic acids is 1. The minimum atomic E-state index is -0.689. The monoisotopic (exact) mass is 391 g/mol. The Morgan fingerprint density at radius 3 is 2.41 bits per heavy atom. The Labute approximate surface area is 166 Å². The van der Waals surface area contributed by atoms with Crippen LogP contribution in [0.4, 0.5) is 0 Å². The van der Waals surface area contributed by atoms with E-state index in [4.69, 9.17) is 9.15 Å². The normalized spacial score (nSPS) is 12.0. The Morgan fingerprint density at radius 1 is 1.00 bits per heavy atom.